The summed E-state index contributed by atoms with van der Waals surface area (Å²) in [5.74, 6) is 0. The summed E-state index contributed by atoms with van der Waals surface area (Å²) in [6.07, 6.45) is 9.71. The van der Waals surface area contributed by atoms with Crippen molar-refractivity contribution in [1.82, 2.24) is 0 Å². The summed E-state index contributed by atoms with van der Waals surface area (Å²) in [4.78, 5) is 4.18. The van der Waals surface area contributed by atoms with E-state index in [0.717, 1.165) is 13.0 Å². The van der Waals surface area contributed by atoms with Gasteiger partial charge in [-0.15, -0.1) is 0 Å². The molecule has 0 amide bonds. The molecule has 1 aliphatic heterocycles. The summed E-state index contributed by atoms with van der Waals surface area (Å²) in [6.45, 7) is 1.04. The predicted molar refractivity (Wildman–Crippen MR) is 46.9 cm³/mol. The van der Waals surface area contributed by atoms with E-state index < -0.39 is 0 Å². The van der Waals surface area contributed by atoms with Gasteiger partial charge in [0.15, 0.2) is 0 Å². The molecule has 1 fully saturated rings. The largest absolute Gasteiger partial charge is 0.273 e. The molecule has 0 aromatic carbocycles. The quantitative estimate of drug-likeness (QED) is 0.500. The monoisotopic (exact) mass is 150 g/mol. The van der Waals surface area contributed by atoms with Crippen molar-refractivity contribution in [2.45, 2.75) is 44.9 Å². The maximum absolute atomic E-state index is 4.18. The molecule has 11 heavy (non-hydrogen) atoms. The van der Waals surface area contributed by atoms with Gasteiger partial charge in [-0.1, -0.05) is 24.1 Å². The number of nitrogens with zero attached hydrogens (tertiary/aromatic N) is 1. The van der Waals surface area contributed by atoms with E-state index in [1.165, 1.54) is 38.5 Å². The average molecular weight is 150 g/mol. The van der Waals surface area contributed by atoms with Crippen molar-refractivity contribution in [2.24, 2.45) is 5.41 Å². The first-order chi connectivity index (χ1) is 5.41. The van der Waals surface area contributed by atoms with Gasteiger partial charge in [0.2, 0.25) is 0 Å². The fourth-order valence-electron chi connectivity index (χ4n) is 2.41. The highest BCUT2D eigenvalue weighted by Crippen LogP contribution is 2.43. The van der Waals surface area contributed by atoms with Crippen LogP contribution < -0.4 is 0 Å². The van der Waals surface area contributed by atoms with Crippen LogP contribution in [0.15, 0.2) is 0 Å². The Kier molecular flexibility index (Phi) is 1.85. The summed E-state index contributed by atoms with van der Waals surface area (Å²) in [6, 6.07) is 3.17. The van der Waals surface area contributed by atoms with Crippen LogP contribution in [0, 0.1) is 11.5 Å². The van der Waals surface area contributed by atoms with Crippen LogP contribution in [-0.4, -0.2) is 6.54 Å². The Morgan fingerprint density at radius 3 is 2.45 bits per heavy atom. The van der Waals surface area contributed by atoms with Gasteiger partial charge >= 0.3 is 0 Å². The van der Waals surface area contributed by atoms with E-state index in [4.69, 9.17) is 0 Å². The van der Waals surface area contributed by atoms with Gasteiger partial charge in [-0.25, -0.2) is 0 Å². The average Bonchev–Trinajstić information content (AvgIpc) is 2.07. The van der Waals surface area contributed by atoms with Crippen LogP contribution in [0.2, 0.25) is 0 Å². The maximum Gasteiger partial charge on any atom is 0.273 e. The van der Waals surface area contributed by atoms with Crippen LogP contribution in [-0.2, 0) is 0 Å². The molecule has 0 aromatic heterocycles. The summed E-state index contributed by atoms with van der Waals surface area (Å²) in [5.41, 5.74) is 0.653. The second kappa shape index (κ2) is 2.85. The molecule has 2 aliphatic rings. The Labute approximate surface area is 68.6 Å². The van der Waals surface area contributed by atoms with E-state index in [-0.39, 0.29) is 0 Å². The van der Waals surface area contributed by atoms with Gasteiger partial charge in [0.25, 0.3) is 12.6 Å². The van der Waals surface area contributed by atoms with Crippen LogP contribution in [0.1, 0.15) is 44.9 Å². The zero-order valence-corrected chi connectivity index (χ0v) is 7.10. The highest BCUT2D eigenvalue weighted by Gasteiger charge is 2.35. The molecule has 60 valence electrons. The van der Waals surface area contributed by atoms with Gasteiger partial charge in [0.05, 0.1) is 6.42 Å². The van der Waals surface area contributed by atoms with Crippen LogP contribution >= 0.6 is 0 Å². The van der Waals surface area contributed by atoms with Crippen LogP contribution in [0.3, 0.4) is 0 Å². The lowest BCUT2D eigenvalue weighted by atomic mass is 9.69. The summed E-state index contributed by atoms with van der Waals surface area (Å²) < 4.78 is 0. The zero-order chi connectivity index (χ0) is 7.57. The zero-order valence-electron chi connectivity index (χ0n) is 7.10. The van der Waals surface area contributed by atoms with E-state index in [0.29, 0.717) is 5.41 Å². The minimum atomic E-state index is 0.653. The molecular weight excluding hydrogens is 134 g/mol. The molecule has 1 heterocycles. The van der Waals surface area contributed by atoms with Gasteiger partial charge in [-0.3, -0.25) is 0 Å². The minimum Gasteiger partial charge on any atom is -0.0837 e. The fourth-order valence-corrected chi connectivity index (χ4v) is 2.41. The molecule has 0 radical (unpaired) electrons. The molecule has 0 aromatic rings. The molecule has 0 unspecified atom stereocenters. The Morgan fingerprint density at radius 1 is 1.00 bits per heavy atom. The summed E-state index contributed by atoms with van der Waals surface area (Å²) in [5, 5.41) is 0. The van der Waals surface area contributed by atoms with Gasteiger partial charge in [0, 0.05) is 6.42 Å². The third kappa shape index (κ3) is 1.40. The Morgan fingerprint density at radius 2 is 1.82 bits per heavy atom. The lowest BCUT2D eigenvalue weighted by Crippen LogP contribution is -2.25. The molecule has 0 saturated heterocycles. The Hall–Kier alpha value is -0.510. The molecule has 1 saturated carbocycles. The molecule has 1 aliphatic carbocycles. The molecule has 0 bridgehead atoms. The van der Waals surface area contributed by atoms with Gasteiger partial charge in [0.1, 0.15) is 0 Å². The molecule has 0 N–H and O–H groups in total. The van der Waals surface area contributed by atoms with Gasteiger partial charge < -0.3 is 0 Å². The molecule has 2 rings (SSSR count). The lowest BCUT2D eigenvalue weighted by molar-refractivity contribution is 0.181. The number of hydrogen-bond donors (Lipinski definition) is 0. The fraction of sp³-hybridized carbons (Fsp3) is 0.900. The molecule has 1 heteroatoms. The van der Waals surface area contributed by atoms with Crippen molar-refractivity contribution >= 4 is 0 Å². The van der Waals surface area contributed by atoms with Gasteiger partial charge in [-0.05, 0) is 18.3 Å². The van der Waals surface area contributed by atoms with Crippen LogP contribution in [0.5, 0.6) is 0 Å². The standard InChI is InChI=1S/C10H16N/c1-2-4-10(5-3-1)6-8-11-9-7-10/h1-8H2/q+1. The van der Waals surface area contributed by atoms with Crippen LogP contribution in [0.25, 0.3) is 4.85 Å². The van der Waals surface area contributed by atoms with Crippen molar-refractivity contribution in [1.29, 1.82) is 0 Å². The summed E-state index contributed by atoms with van der Waals surface area (Å²) in [7, 11) is 0. The Bertz CT molecular complexity index is 191. The smallest absolute Gasteiger partial charge is 0.0837 e. The van der Waals surface area contributed by atoms with Crippen molar-refractivity contribution in [3.05, 3.63) is 4.85 Å². The van der Waals surface area contributed by atoms with Crippen molar-refractivity contribution < 1.29 is 0 Å². The topological polar surface area (TPSA) is 4.36 Å². The van der Waals surface area contributed by atoms with Crippen molar-refractivity contribution in [3.63, 3.8) is 0 Å². The number of rotatable bonds is 0. The molecular formula is C10H16N+. The van der Waals surface area contributed by atoms with E-state index in [9.17, 15) is 0 Å². The minimum absolute atomic E-state index is 0.653. The third-order valence-corrected chi connectivity index (χ3v) is 3.23. The first-order valence-electron chi connectivity index (χ1n) is 4.81. The molecule has 1 spiro atoms. The third-order valence-electron chi connectivity index (χ3n) is 3.23. The number of hydrogen-bond acceptors (Lipinski definition) is 0. The van der Waals surface area contributed by atoms with Gasteiger partial charge in [-0.2, -0.15) is 0 Å². The van der Waals surface area contributed by atoms with E-state index in [1.807, 2.05) is 0 Å². The highest BCUT2D eigenvalue weighted by atomic mass is 14.7. The maximum atomic E-state index is 4.18. The van der Waals surface area contributed by atoms with Crippen LogP contribution in [0.4, 0.5) is 0 Å². The highest BCUT2D eigenvalue weighted by molar-refractivity contribution is 5.02. The first kappa shape index (κ1) is 7.16. The second-order valence-corrected chi connectivity index (χ2v) is 4.03. The SMILES string of the molecule is C1#[N+]CCC2(C1)CCCCC2. The predicted octanol–water partition coefficient (Wildman–Crippen LogP) is 3.06. The molecule has 0 atom stereocenters. The van der Waals surface area contributed by atoms with Crippen molar-refractivity contribution in [2.75, 3.05) is 6.54 Å². The lowest BCUT2D eigenvalue weighted by Gasteiger charge is -2.33. The van der Waals surface area contributed by atoms with E-state index in [1.54, 1.807) is 0 Å². The molecule has 1 nitrogen and oxygen atoms in total. The van der Waals surface area contributed by atoms with E-state index >= 15 is 0 Å². The van der Waals surface area contributed by atoms with Crippen molar-refractivity contribution in [3.8, 4) is 6.07 Å². The van der Waals surface area contributed by atoms with E-state index in [2.05, 4.69) is 10.9 Å². The Balaban J connectivity index is 2.04. The first-order valence-corrected chi connectivity index (χ1v) is 4.81. The normalized spacial score (nSPS) is 27.6. The summed E-state index contributed by atoms with van der Waals surface area (Å²) >= 11 is 0. The second-order valence-electron chi connectivity index (χ2n) is 4.03.